The van der Waals surface area contributed by atoms with E-state index in [9.17, 15) is 0 Å². The molecular weight excluding hydrogens is 559 g/mol. The normalized spacial score (nSPS) is 11.1. The molecule has 2 heterocycles. The minimum Gasteiger partial charge on any atom is -0.335 e. The smallest absolute Gasteiger partial charge is 0.182 e. The van der Waals surface area contributed by atoms with Crippen molar-refractivity contribution in [3.05, 3.63) is 150 Å². The van der Waals surface area contributed by atoms with Crippen LogP contribution in [0.5, 0.6) is 0 Å². The standard InChI is InChI=1S/C36H24Cl2N4/c37-28-22-13-23-29(38)34(28)42-33(27-20-11-4-12-21-27)32(26-18-9-3-10-19-26)41-36(42)35-39-30(24-14-5-1-6-15-24)31(40-35)25-16-7-2-8-17-25/h1-23H,(H,39,40). The lowest BCUT2D eigenvalue weighted by atomic mass is 10.0. The lowest BCUT2D eigenvalue weighted by Crippen LogP contribution is -2.03. The van der Waals surface area contributed by atoms with Crippen LogP contribution in [0.4, 0.5) is 0 Å². The predicted molar refractivity (Wildman–Crippen MR) is 173 cm³/mol. The van der Waals surface area contributed by atoms with E-state index in [0.717, 1.165) is 45.0 Å². The molecule has 0 bridgehead atoms. The zero-order valence-electron chi connectivity index (χ0n) is 22.4. The van der Waals surface area contributed by atoms with Gasteiger partial charge in [0.05, 0.1) is 38.5 Å². The van der Waals surface area contributed by atoms with Crippen LogP contribution in [0.3, 0.4) is 0 Å². The number of rotatable bonds is 6. The quantitative estimate of drug-likeness (QED) is 0.212. The second-order valence-corrected chi connectivity index (χ2v) is 10.6. The SMILES string of the molecule is Clc1cccc(Cl)c1-n1c(-c2nc(-c3ccccc3)c(-c3ccccc3)[nH]2)nc(-c2ccccc2)c1-c1ccccc1. The summed E-state index contributed by atoms with van der Waals surface area (Å²) in [5.41, 5.74) is 8.01. The molecule has 42 heavy (non-hydrogen) atoms. The monoisotopic (exact) mass is 582 g/mol. The van der Waals surface area contributed by atoms with Crippen LogP contribution in [-0.2, 0) is 0 Å². The molecule has 0 spiro atoms. The van der Waals surface area contributed by atoms with Crippen LogP contribution in [0.1, 0.15) is 0 Å². The van der Waals surface area contributed by atoms with E-state index in [-0.39, 0.29) is 0 Å². The zero-order chi connectivity index (χ0) is 28.5. The van der Waals surface area contributed by atoms with Gasteiger partial charge in [0.2, 0.25) is 0 Å². The first-order valence-corrected chi connectivity index (χ1v) is 14.3. The largest absolute Gasteiger partial charge is 0.335 e. The molecule has 0 fully saturated rings. The zero-order valence-corrected chi connectivity index (χ0v) is 23.9. The third-order valence-electron chi connectivity index (χ3n) is 7.16. The number of hydrogen-bond donors (Lipinski definition) is 1. The van der Waals surface area contributed by atoms with Crippen molar-refractivity contribution in [2.75, 3.05) is 0 Å². The first-order chi connectivity index (χ1) is 20.7. The van der Waals surface area contributed by atoms with Gasteiger partial charge >= 0.3 is 0 Å². The lowest BCUT2D eigenvalue weighted by Gasteiger charge is -2.15. The van der Waals surface area contributed by atoms with Crippen molar-refractivity contribution in [2.45, 2.75) is 0 Å². The molecule has 202 valence electrons. The van der Waals surface area contributed by atoms with Gasteiger partial charge in [0.1, 0.15) is 0 Å². The summed E-state index contributed by atoms with van der Waals surface area (Å²) in [7, 11) is 0. The van der Waals surface area contributed by atoms with E-state index in [1.165, 1.54) is 0 Å². The first-order valence-electron chi connectivity index (χ1n) is 13.6. The number of para-hydroxylation sites is 1. The summed E-state index contributed by atoms with van der Waals surface area (Å²) in [6.45, 7) is 0. The van der Waals surface area contributed by atoms with E-state index in [4.69, 9.17) is 33.2 Å². The molecule has 0 aliphatic carbocycles. The Morgan fingerprint density at radius 3 is 1.50 bits per heavy atom. The van der Waals surface area contributed by atoms with Gasteiger partial charge in [0.15, 0.2) is 11.6 Å². The Kier molecular flexibility index (Phi) is 6.92. The summed E-state index contributed by atoms with van der Waals surface area (Å²) in [6, 6.07) is 46.2. The van der Waals surface area contributed by atoms with Crippen LogP contribution in [0, 0.1) is 0 Å². The van der Waals surface area contributed by atoms with Crippen molar-refractivity contribution in [3.8, 4) is 62.4 Å². The average molecular weight is 584 g/mol. The minimum atomic E-state index is 0.510. The highest BCUT2D eigenvalue weighted by Gasteiger charge is 2.27. The van der Waals surface area contributed by atoms with Crippen LogP contribution in [-0.4, -0.2) is 19.5 Å². The van der Waals surface area contributed by atoms with Gasteiger partial charge in [-0.05, 0) is 12.1 Å². The lowest BCUT2D eigenvalue weighted by molar-refractivity contribution is 1.05. The van der Waals surface area contributed by atoms with Crippen LogP contribution >= 0.6 is 23.2 Å². The topological polar surface area (TPSA) is 46.5 Å². The maximum Gasteiger partial charge on any atom is 0.182 e. The highest BCUT2D eigenvalue weighted by Crippen LogP contribution is 2.43. The van der Waals surface area contributed by atoms with Gasteiger partial charge < -0.3 is 4.98 Å². The Balaban J connectivity index is 1.59. The molecule has 1 N–H and O–H groups in total. The van der Waals surface area contributed by atoms with E-state index in [2.05, 4.69) is 53.5 Å². The molecular formula is C36H24Cl2N4. The Hall–Kier alpha value is -4.90. The van der Waals surface area contributed by atoms with Gasteiger partial charge in [-0.15, -0.1) is 0 Å². The van der Waals surface area contributed by atoms with Crippen LogP contribution < -0.4 is 0 Å². The van der Waals surface area contributed by atoms with Gasteiger partial charge in [0, 0.05) is 22.3 Å². The molecule has 0 unspecified atom stereocenters. The van der Waals surface area contributed by atoms with Crippen molar-refractivity contribution in [3.63, 3.8) is 0 Å². The molecule has 0 radical (unpaired) electrons. The second-order valence-electron chi connectivity index (χ2n) is 9.81. The van der Waals surface area contributed by atoms with E-state index in [0.29, 0.717) is 27.4 Å². The third-order valence-corrected chi connectivity index (χ3v) is 7.77. The summed E-state index contributed by atoms with van der Waals surface area (Å²) >= 11 is 13.8. The predicted octanol–water partition coefficient (Wildman–Crippen LogP) is 10.2. The number of nitrogens with zero attached hydrogens (tertiary/aromatic N) is 3. The molecule has 4 nitrogen and oxygen atoms in total. The van der Waals surface area contributed by atoms with Gasteiger partial charge in [-0.25, -0.2) is 9.97 Å². The van der Waals surface area contributed by atoms with Crippen molar-refractivity contribution in [1.29, 1.82) is 0 Å². The van der Waals surface area contributed by atoms with Crippen LogP contribution in [0.2, 0.25) is 10.0 Å². The number of imidazole rings is 2. The number of benzene rings is 5. The van der Waals surface area contributed by atoms with E-state index in [1.54, 1.807) is 0 Å². The molecule has 7 rings (SSSR count). The van der Waals surface area contributed by atoms with Crippen molar-refractivity contribution >= 4 is 23.2 Å². The fraction of sp³-hybridized carbons (Fsp3) is 0. The van der Waals surface area contributed by atoms with Crippen molar-refractivity contribution in [2.24, 2.45) is 0 Å². The fourth-order valence-corrected chi connectivity index (χ4v) is 5.82. The Labute approximate surface area is 253 Å². The summed E-state index contributed by atoms with van der Waals surface area (Å²) in [6.07, 6.45) is 0. The minimum absolute atomic E-state index is 0.510. The van der Waals surface area contributed by atoms with Crippen molar-refractivity contribution in [1.82, 2.24) is 19.5 Å². The average Bonchev–Trinajstić information content (AvgIpc) is 3.66. The Morgan fingerprint density at radius 2 is 0.952 bits per heavy atom. The summed E-state index contributed by atoms with van der Waals surface area (Å²) in [4.78, 5) is 14.1. The molecule has 0 amide bonds. The van der Waals surface area contributed by atoms with Gasteiger partial charge in [0.25, 0.3) is 0 Å². The van der Waals surface area contributed by atoms with Crippen molar-refractivity contribution < 1.29 is 0 Å². The molecule has 0 aliphatic heterocycles. The number of hydrogen-bond acceptors (Lipinski definition) is 2. The molecule has 0 atom stereocenters. The molecule has 0 saturated carbocycles. The second kappa shape index (κ2) is 11.2. The molecule has 2 aromatic heterocycles. The maximum absolute atomic E-state index is 6.90. The molecule has 0 aliphatic rings. The summed E-state index contributed by atoms with van der Waals surface area (Å²) < 4.78 is 2.03. The number of aromatic amines is 1. The summed E-state index contributed by atoms with van der Waals surface area (Å²) in [5, 5.41) is 1.02. The fourth-order valence-electron chi connectivity index (χ4n) is 5.26. The highest BCUT2D eigenvalue weighted by molar-refractivity contribution is 6.38. The Morgan fingerprint density at radius 1 is 0.476 bits per heavy atom. The van der Waals surface area contributed by atoms with Gasteiger partial charge in [-0.2, -0.15) is 0 Å². The number of H-pyrrole nitrogens is 1. The van der Waals surface area contributed by atoms with Gasteiger partial charge in [-0.3, -0.25) is 4.57 Å². The van der Waals surface area contributed by atoms with Crippen LogP contribution in [0.25, 0.3) is 62.4 Å². The number of aromatic nitrogens is 4. The molecule has 5 aromatic carbocycles. The highest BCUT2D eigenvalue weighted by atomic mass is 35.5. The van der Waals surface area contributed by atoms with Gasteiger partial charge in [-0.1, -0.05) is 151 Å². The maximum atomic E-state index is 6.90. The number of nitrogens with one attached hydrogen (secondary N) is 1. The van der Waals surface area contributed by atoms with E-state index < -0.39 is 0 Å². The van der Waals surface area contributed by atoms with Crippen LogP contribution in [0.15, 0.2) is 140 Å². The molecule has 7 aromatic rings. The number of halogens is 2. The van der Waals surface area contributed by atoms with E-state index >= 15 is 0 Å². The van der Waals surface area contributed by atoms with E-state index in [1.807, 2.05) is 95.6 Å². The third kappa shape index (κ3) is 4.71. The Bertz CT molecular complexity index is 1900. The molecule has 0 saturated heterocycles. The molecule has 6 heteroatoms. The summed E-state index contributed by atoms with van der Waals surface area (Å²) in [5.74, 6) is 1.20. The first kappa shape index (κ1) is 26.0.